The van der Waals surface area contributed by atoms with Gasteiger partial charge in [-0.15, -0.1) is 0 Å². The number of nitrogens with zero attached hydrogens (tertiary/aromatic N) is 7. The molecule has 74 heavy (non-hydrogen) atoms. The molecule has 0 spiro atoms. The van der Waals surface area contributed by atoms with E-state index in [9.17, 15) is 19.2 Å². The lowest BCUT2D eigenvalue weighted by Crippen LogP contribution is -2.61. The summed E-state index contributed by atoms with van der Waals surface area (Å²) in [5.41, 5.74) is 7.34. The second-order valence-corrected chi connectivity index (χ2v) is 20.2. The van der Waals surface area contributed by atoms with Crippen molar-refractivity contribution in [3.05, 3.63) is 159 Å². The molecule has 3 amide bonds. The minimum Gasteiger partial charge on any atom is -0.376 e. The number of pyridine rings is 1. The molecule has 4 saturated heterocycles. The summed E-state index contributed by atoms with van der Waals surface area (Å²) in [5.74, 6) is -1.15. The first kappa shape index (κ1) is 50.6. The third-order valence-electron chi connectivity index (χ3n) is 14.8. The third kappa shape index (κ3) is 11.7. The maximum Gasteiger partial charge on any atom is 0.274 e. The largest absolute Gasteiger partial charge is 0.376 e. The van der Waals surface area contributed by atoms with Gasteiger partial charge in [-0.1, -0.05) is 85.3 Å². The minimum atomic E-state index is -0.612. The molecule has 4 aliphatic heterocycles. The van der Waals surface area contributed by atoms with Crippen LogP contribution < -0.4 is 16.2 Å². The number of H-pyrrole nitrogens is 1. The number of carbonyl (C=O) groups is 3. The van der Waals surface area contributed by atoms with E-state index < -0.39 is 17.3 Å². The van der Waals surface area contributed by atoms with E-state index in [0.717, 1.165) is 36.9 Å². The number of halogens is 1. The Balaban J connectivity index is 0.685. The molecule has 10 rings (SSSR count). The van der Waals surface area contributed by atoms with Gasteiger partial charge in [-0.25, -0.2) is 14.5 Å². The molecule has 3 N–H and O–H groups in total. The molecule has 0 saturated carbocycles. The maximum absolute atomic E-state index is 15.1. The van der Waals surface area contributed by atoms with Crippen LogP contribution in [0.5, 0.6) is 0 Å². The van der Waals surface area contributed by atoms with Crippen LogP contribution in [0.2, 0.25) is 0 Å². The molecule has 4 aromatic carbocycles. The molecular weight excluding hydrogens is 940 g/mol. The fourth-order valence-corrected chi connectivity index (χ4v) is 10.5. The van der Waals surface area contributed by atoms with Crippen LogP contribution in [0.3, 0.4) is 0 Å². The summed E-state index contributed by atoms with van der Waals surface area (Å²) >= 11 is 0. The van der Waals surface area contributed by atoms with E-state index in [0.29, 0.717) is 125 Å². The van der Waals surface area contributed by atoms with Gasteiger partial charge >= 0.3 is 0 Å². The highest BCUT2D eigenvalue weighted by atomic mass is 19.1. The van der Waals surface area contributed by atoms with E-state index in [2.05, 4.69) is 94.2 Å². The van der Waals surface area contributed by atoms with Crippen molar-refractivity contribution in [1.82, 2.24) is 45.2 Å². The molecule has 16 nitrogen and oxygen atoms in total. The first-order valence-electron chi connectivity index (χ1n) is 26.0. The molecule has 6 aromatic rings. The number of amides is 3. The highest BCUT2D eigenvalue weighted by molar-refractivity contribution is 5.99. The molecule has 6 heterocycles. The van der Waals surface area contributed by atoms with Crippen molar-refractivity contribution in [2.75, 3.05) is 97.1 Å². The van der Waals surface area contributed by atoms with Gasteiger partial charge in [-0.3, -0.25) is 28.9 Å². The number of hydrogen-bond donors (Lipinski definition) is 3. The third-order valence-corrected chi connectivity index (χ3v) is 14.8. The van der Waals surface area contributed by atoms with Gasteiger partial charge in [0.05, 0.1) is 53.7 Å². The number of anilines is 1. The Morgan fingerprint density at radius 3 is 2.23 bits per heavy atom. The van der Waals surface area contributed by atoms with E-state index in [1.54, 1.807) is 40.3 Å². The van der Waals surface area contributed by atoms with Crippen LogP contribution in [0, 0.1) is 12.7 Å². The van der Waals surface area contributed by atoms with Gasteiger partial charge in [0.2, 0.25) is 5.91 Å². The summed E-state index contributed by atoms with van der Waals surface area (Å²) < 4.78 is 20.9. The van der Waals surface area contributed by atoms with E-state index in [-0.39, 0.29) is 35.6 Å². The van der Waals surface area contributed by atoms with Crippen LogP contribution in [0.15, 0.2) is 108 Å². The molecule has 2 aromatic heterocycles. The zero-order valence-corrected chi connectivity index (χ0v) is 42.3. The van der Waals surface area contributed by atoms with Crippen molar-refractivity contribution in [2.45, 2.75) is 57.7 Å². The van der Waals surface area contributed by atoms with E-state index in [1.165, 1.54) is 22.8 Å². The van der Waals surface area contributed by atoms with Gasteiger partial charge in [0.25, 0.3) is 17.4 Å². The van der Waals surface area contributed by atoms with Gasteiger partial charge in [0, 0.05) is 102 Å². The molecule has 0 bridgehead atoms. The van der Waals surface area contributed by atoms with Crippen LogP contribution in [0.4, 0.5) is 10.1 Å². The molecule has 4 aliphatic rings. The summed E-state index contributed by atoms with van der Waals surface area (Å²) in [6.45, 7) is 11.8. The number of fused-ring (bicyclic) bond motifs is 1. The van der Waals surface area contributed by atoms with Crippen molar-refractivity contribution in [2.24, 2.45) is 0 Å². The first-order chi connectivity index (χ1) is 36.0. The van der Waals surface area contributed by atoms with Gasteiger partial charge in [0.1, 0.15) is 5.82 Å². The number of aromatic amines is 1. The van der Waals surface area contributed by atoms with Crippen LogP contribution >= 0.6 is 0 Å². The monoisotopic (exact) mass is 1000 g/mol. The van der Waals surface area contributed by atoms with Crippen molar-refractivity contribution in [3.63, 3.8) is 0 Å². The Kier molecular flexibility index (Phi) is 15.5. The van der Waals surface area contributed by atoms with Crippen LogP contribution in [0.25, 0.3) is 21.9 Å². The first-order valence-corrected chi connectivity index (χ1v) is 26.0. The fourth-order valence-electron chi connectivity index (χ4n) is 10.5. The number of nitrogens with one attached hydrogen (secondary N) is 3. The lowest BCUT2D eigenvalue weighted by molar-refractivity contribution is -0.218. The number of piperidine rings is 1. The molecular formula is C57H65FN10O6. The molecule has 0 aliphatic carbocycles. The minimum absolute atomic E-state index is 0.000948. The van der Waals surface area contributed by atoms with Gasteiger partial charge < -0.3 is 30.1 Å². The average Bonchev–Trinajstić information content (AvgIpc) is 3.42. The van der Waals surface area contributed by atoms with Crippen molar-refractivity contribution in [3.8, 4) is 11.1 Å². The Bertz CT molecular complexity index is 3050. The fraction of sp³-hybridized carbons (Fsp3) is 0.404. The Morgan fingerprint density at radius 1 is 0.770 bits per heavy atom. The number of ether oxygens (including phenoxy) is 1. The number of aromatic nitrogens is 3. The predicted molar refractivity (Wildman–Crippen MR) is 281 cm³/mol. The normalized spacial score (nSPS) is 17.6. The topological polar surface area (TPSA) is 169 Å². The summed E-state index contributed by atoms with van der Waals surface area (Å²) in [7, 11) is 0. The Hall–Kier alpha value is -6.89. The molecule has 0 atom stereocenters. The Labute approximate surface area is 430 Å². The number of likely N-dealkylation sites (tertiary alicyclic amines) is 1. The van der Waals surface area contributed by atoms with Crippen molar-refractivity contribution in [1.29, 1.82) is 0 Å². The van der Waals surface area contributed by atoms with E-state index >= 15 is 4.39 Å². The standard InChI is InChI=1S/C57H65FN10O6/c1-3-40-9-7-11-43(29-40)44-32-51(61-57(37-73-38-57)36-59-33-42-10-6-8-39(2)28-42)53(60-34-44)56(72)67-24-26-68(27-25-67)74-45-16-18-64(19-17-45)35-52(69)65-20-22-66(23-21-65)55(71)48-30-41(14-15-49(48)58)31-50-46-12-4-5-13-47(46)54(70)63-62-50/h4-15,28-30,32,34,45,59,61H,3,16-27,31,33,35-38H2,1-2H3,(H,63,70). The quantitative estimate of drug-likeness (QED) is 0.109. The molecule has 386 valence electrons. The lowest BCUT2D eigenvalue weighted by Gasteiger charge is -2.43. The summed E-state index contributed by atoms with van der Waals surface area (Å²) in [5, 5.41) is 17.3. The molecule has 17 heteroatoms. The smallest absolute Gasteiger partial charge is 0.274 e. The lowest BCUT2D eigenvalue weighted by atomic mass is 9.95. The Morgan fingerprint density at radius 2 is 1.49 bits per heavy atom. The maximum atomic E-state index is 15.1. The highest BCUT2D eigenvalue weighted by Crippen LogP contribution is 2.31. The number of piperazine rings is 2. The number of hydrogen-bond acceptors (Lipinski definition) is 12. The highest BCUT2D eigenvalue weighted by Gasteiger charge is 2.40. The average molecular weight is 1010 g/mol. The van der Waals surface area contributed by atoms with E-state index in [4.69, 9.17) is 14.6 Å². The second kappa shape index (κ2) is 22.7. The number of hydroxylamine groups is 2. The predicted octanol–water partition coefficient (Wildman–Crippen LogP) is 5.69. The van der Waals surface area contributed by atoms with Crippen molar-refractivity contribution >= 4 is 34.2 Å². The molecule has 0 radical (unpaired) electrons. The van der Waals surface area contributed by atoms with Crippen LogP contribution in [-0.4, -0.2) is 161 Å². The van der Waals surface area contributed by atoms with Crippen LogP contribution in [0.1, 0.15) is 68.6 Å². The number of carbonyl (C=O) groups excluding carboxylic acids is 3. The summed E-state index contributed by atoms with van der Waals surface area (Å²) in [6, 6.07) is 30.6. The summed E-state index contributed by atoms with van der Waals surface area (Å²) in [6.07, 6.45) is 4.57. The van der Waals surface area contributed by atoms with Crippen molar-refractivity contribution < 1.29 is 28.3 Å². The van der Waals surface area contributed by atoms with Gasteiger partial charge in [-0.05, 0) is 72.7 Å². The van der Waals surface area contributed by atoms with E-state index in [1.807, 2.05) is 22.1 Å². The second-order valence-electron chi connectivity index (χ2n) is 20.2. The van der Waals surface area contributed by atoms with Crippen LogP contribution in [-0.2, 0) is 33.8 Å². The van der Waals surface area contributed by atoms with Gasteiger partial charge in [-0.2, -0.15) is 10.2 Å². The number of benzene rings is 4. The number of rotatable bonds is 16. The zero-order valence-electron chi connectivity index (χ0n) is 42.3. The molecule has 0 unspecified atom stereocenters. The SMILES string of the molecule is CCc1cccc(-c2cnc(C(=O)N3CCN(OC4CCN(CC(=O)N5CCN(C(=O)c6cc(Cc7n[nH]c(=O)c8ccccc78)ccc6F)CC5)CC4)CC3)c(NC3(CNCc4cccc(C)c4)COC3)c2)c1. The van der Waals surface area contributed by atoms with Gasteiger partial charge in [0.15, 0.2) is 5.69 Å². The number of aryl methyl sites for hydroxylation is 2. The summed E-state index contributed by atoms with van der Waals surface area (Å²) in [4.78, 5) is 72.5. The zero-order chi connectivity index (χ0) is 51.2. The molecule has 4 fully saturated rings.